The van der Waals surface area contributed by atoms with E-state index in [-0.39, 0.29) is 5.56 Å². The summed E-state index contributed by atoms with van der Waals surface area (Å²) in [5.74, 6) is -0.538. The zero-order valence-corrected chi connectivity index (χ0v) is 12.7. The third-order valence-corrected chi connectivity index (χ3v) is 3.78. The van der Waals surface area contributed by atoms with Gasteiger partial charge in [-0.25, -0.2) is 4.79 Å². The van der Waals surface area contributed by atoms with Crippen molar-refractivity contribution in [3.05, 3.63) is 52.3 Å². The van der Waals surface area contributed by atoms with Gasteiger partial charge in [0.05, 0.1) is 24.5 Å². The number of carboxylic acid groups (broad SMARTS) is 1. The number of rotatable bonds is 3. The highest BCUT2D eigenvalue weighted by molar-refractivity contribution is 9.10. The second-order valence-electron chi connectivity index (χ2n) is 4.70. The van der Waals surface area contributed by atoms with Crippen LogP contribution >= 0.6 is 15.9 Å². The van der Waals surface area contributed by atoms with Crippen LogP contribution in [0.25, 0.3) is 0 Å². The number of anilines is 1. The first kappa shape index (κ1) is 13.9. The Morgan fingerprint density at radius 2 is 2.24 bits per heavy atom. The average Bonchev–Trinajstić information content (AvgIpc) is 2.49. The molecule has 108 valence electrons. The number of carbonyl (C=O) groups is 1. The highest BCUT2D eigenvalue weighted by Gasteiger charge is 2.23. The van der Waals surface area contributed by atoms with Gasteiger partial charge < -0.3 is 14.7 Å². The van der Waals surface area contributed by atoms with Crippen LogP contribution in [0.5, 0.6) is 5.75 Å². The molecule has 1 aromatic carbocycles. The van der Waals surface area contributed by atoms with E-state index in [2.05, 4.69) is 25.8 Å². The lowest BCUT2D eigenvalue weighted by Gasteiger charge is -2.31. The maximum Gasteiger partial charge on any atom is 0.339 e. The molecule has 0 radical (unpaired) electrons. The van der Waals surface area contributed by atoms with Crippen LogP contribution in [0.4, 0.5) is 5.69 Å². The van der Waals surface area contributed by atoms with Gasteiger partial charge in [-0.1, -0.05) is 6.07 Å². The topological polar surface area (TPSA) is 62.7 Å². The summed E-state index contributed by atoms with van der Waals surface area (Å²) in [6.07, 6.45) is 1.75. The molecule has 2 heterocycles. The van der Waals surface area contributed by atoms with E-state index in [1.54, 1.807) is 18.3 Å². The Labute approximate surface area is 130 Å². The van der Waals surface area contributed by atoms with E-state index in [4.69, 9.17) is 4.74 Å². The minimum absolute atomic E-state index is 0.195. The van der Waals surface area contributed by atoms with Gasteiger partial charge in [-0.05, 0) is 40.2 Å². The molecule has 3 rings (SSSR count). The van der Waals surface area contributed by atoms with E-state index < -0.39 is 5.97 Å². The van der Waals surface area contributed by atoms with Crippen LogP contribution in [0.15, 0.2) is 41.0 Å². The van der Waals surface area contributed by atoms with E-state index in [0.717, 1.165) is 15.9 Å². The van der Waals surface area contributed by atoms with Gasteiger partial charge in [0.15, 0.2) is 5.75 Å². The minimum atomic E-state index is -0.976. The van der Waals surface area contributed by atoms with Gasteiger partial charge in [0.25, 0.3) is 0 Å². The van der Waals surface area contributed by atoms with Gasteiger partial charge in [0, 0.05) is 10.7 Å². The summed E-state index contributed by atoms with van der Waals surface area (Å²) in [7, 11) is 0. The number of hydrogen-bond donors (Lipinski definition) is 1. The fourth-order valence-electron chi connectivity index (χ4n) is 2.33. The van der Waals surface area contributed by atoms with E-state index in [1.807, 2.05) is 18.2 Å². The summed E-state index contributed by atoms with van der Waals surface area (Å²) >= 11 is 3.36. The molecule has 21 heavy (non-hydrogen) atoms. The number of pyridine rings is 1. The van der Waals surface area contributed by atoms with E-state index in [1.165, 1.54) is 0 Å². The van der Waals surface area contributed by atoms with Gasteiger partial charge in [-0.15, -0.1) is 0 Å². The Morgan fingerprint density at radius 3 is 2.95 bits per heavy atom. The highest BCUT2D eigenvalue weighted by Crippen LogP contribution is 2.35. The SMILES string of the molecule is O=C(O)c1cccc2c1OCCN2Cc1ccc(Br)cn1. The van der Waals surface area contributed by atoms with Crippen molar-refractivity contribution in [2.45, 2.75) is 6.54 Å². The molecule has 0 atom stereocenters. The van der Waals surface area contributed by atoms with Crippen molar-refractivity contribution in [3.63, 3.8) is 0 Å². The van der Waals surface area contributed by atoms with E-state index in [9.17, 15) is 9.90 Å². The fraction of sp³-hybridized carbons (Fsp3) is 0.200. The summed E-state index contributed by atoms with van der Waals surface area (Å²) in [6.45, 7) is 1.79. The molecule has 0 aliphatic carbocycles. The number of nitrogens with zero attached hydrogens (tertiary/aromatic N) is 2. The lowest BCUT2D eigenvalue weighted by molar-refractivity contribution is 0.0692. The lowest BCUT2D eigenvalue weighted by atomic mass is 10.1. The molecule has 5 nitrogen and oxygen atoms in total. The Kier molecular flexibility index (Phi) is 3.79. The van der Waals surface area contributed by atoms with Crippen LogP contribution in [0.2, 0.25) is 0 Å². The average molecular weight is 349 g/mol. The van der Waals surface area contributed by atoms with Crippen molar-refractivity contribution in [3.8, 4) is 5.75 Å². The maximum atomic E-state index is 11.3. The number of halogens is 1. The van der Waals surface area contributed by atoms with Crippen molar-refractivity contribution in [2.24, 2.45) is 0 Å². The van der Waals surface area contributed by atoms with E-state index >= 15 is 0 Å². The molecule has 1 aliphatic rings. The Balaban J connectivity index is 1.92. The zero-order chi connectivity index (χ0) is 14.8. The number of benzene rings is 1. The molecule has 1 aromatic heterocycles. The second-order valence-corrected chi connectivity index (χ2v) is 5.61. The van der Waals surface area contributed by atoms with Gasteiger partial charge in [0.2, 0.25) is 0 Å². The summed E-state index contributed by atoms with van der Waals surface area (Å²) in [4.78, 5) is 17.7. The maximum absolute atomic E-state index is 11.3. The summed E-state index contributed by atoms with van der Waals surface area (Å²) in [5.41, 5.74) is 1.92. The number of carboxylic acids is 1. The largest absolute Gasteiger partial charge is 0.489 e. The zero-order valence-electron chi connectivity index (χ0n) is 11.1. The van der Waals surface area contributed by atoms with Gasteiger partial charge in [-0.3, -0.25) is 4.98 Å². The molecule has 1 N–H and O–H groups in total. The van der Waals surface area contributed by atoms with Crippen LogP contribution in [-0.4, -0.2) is 29.2 Å². The van der Waals surface area contributed by atoms with Crippen molar-refractivity contribution in [2.75, 3.05) is 18.1 Å². The third-order valence-electron chi connectivity index (χ3n) is 3.31. The normalized spacial score (nSPS) is 13.5. The van der Waals surface area contributed by atoms with Gasteiger partial charge in [0.1, 0.15) is 12.2 Å². The quantitative estimate of drug-likeness (QED) is 0.923. The molecule has 0 bridgehead atoms. The van der Waals surface area contributed by atoms with Crippen LogP contribution < -0.4 is 9.64 Å². The number of aromatic carboxylic acids is 1. The molecular formula is C15H13BrN2O3. The number of aromatic nitrogens is 1. The van der Waals surface area contributed by atoms with Crippen molar-refractivity contribution < 1.29 is 14.6 Å². The third kappa shape index (κ3) is 2.85. The first-order valence-corrected chi connectivity index (χ1v) is 7.29. The molecule has 0 fully saturated rings. The standard InChI is InChI=1S/C15H13BrN2O3/c16-10-4-5-11(17-8-10)9-18-6-7-21-14-12(15(19)20)2-1-3-13(14)18/h1-5,8H,6-7,9H2,(H,19,20). The highest BCUT2D eigenvalue weighted by atomic mass is 79.9. The summed E-state index contributed by atoms with van der Waals surface area (Å²) < 4.78 is 6.48. The minimum Gasteiger partial charge on any atom is -0.489 e. The smallest absolute Gasteiger partial charge is 0.339 e. The van der Waals surface area contributed by atoms with E-state index in [0.29, 0.717) is 25.4 Å². The monoisotopic (exact) mass is 348 g/mol. The first-order chi connectivity index (χ1) is 10.1. The van der Waals surface area contributed by atoms with Crippen LogP contribution in [-0.2, 0) is 6.54 Å². The number of ether oxygens (including phenoxy) is 1. The molecule has 6 heteroatoms. The molecular weight excluding hydrogens is 336 g/mol. The molecule has 0 spiro atoms. The van der Waals surface area contributed by atoms with Gasteiger partial charge in [-0.2, -0.15) is 0 Å². The Hall–Kier alpha value is -2.08. The molecule has 0 amide bonds. The fourth-order valence-corrected chi connectivity index (χ4v) is 2.57. The molecule has 1 aliphatic heterocycles. The number of hydrogen-bond acceptors (Lipinski definition) is 4. The number of fused-ring (bicyclic) bond motifs is 1. The van der Waals surface area contributed by atoms with Crippen molar-refractivity contribution in [1.29, 1.82) is 0 Å². The predicted molar refractivity (Wildman–Crippen MR) is 81.9 cm³/mol. The van der Waals surface area contributed by atoms with Crippen LogP contribution in [0, 0.1) is 0 Å². The molecule has 2 aromatic rings. The Morgan fingerprint density at radius 1 is 1.38 bits per heavy atom. The molecule has 0 saturated carbocycles. The Bertz CT molecular complexity index is 673. The second kappa shape index (κ2) is 5.73. The molecule has 0 unspecified atom stereocenters. The van der Waals surface area contributed by atoms with Crippen LogP contribution in [0.3, 0.4) is 0 Å². The van der Waals surface area contributed by atoms with Gasteiger partial charge >= 0.3 is 5.97 Å². The molecule has 0 saturated heterocycles. The van der Waals surface area contributed by atoms with Crippen molar-refractivity contribution >= 4 is 27.6 Å². The van der Waals surface area contributed by atoms with Crippen molar-refractivity contribution in [1.82, 2.24) is 4.98 Å². The number of para-hydroxylation sites is 1. The lowest BCUT2D eigenvalue weighted by Crippen LogP contribution is -2.33. The summed E-state index contributed by atoms with van der Waals surface area (Å²) in [5, 5.41) is 9.23. The summed E-state index contributed by atoms with van der Waals surface area (Å²) in [6, 6.07) is 9.05. The van der Waals surface area contributed by atoms with Crippen LogP contribution in [0.1, 0.15) is 16.1 Å². The first-order valence-electron chi connectivity index (χ1n) is 6.49. The predicted octanol–water partition coefficient (Wildman–Crippen LogP) is 2.94.